The standard InChI is InChI=1S/C29H29NO4/c1-3-32-24-13-11-22(12-14-24)16-26-27(31)25-17-23-18-30(15-7-10-21-8-5-4-6-9-21)19-33-28(23)20(2)29(25)34-26/h4-6,8-9,11-14,16-17H,3,7,10,15,18-19H2,1-2H3/b26-16-. The normalized spacial score (nSPS) is 16.1. The molecule has 0 fully saturated rings. The summed E-state index contributed by atoms with van der Waals surface area (Å²) in [6.45, 7) is 6.79. The molecule has 174 valence electrons. The van der Waals surface area contributed by atoms with Crippen molar-refractivity contribution in [1.82, 2.24) is 4.90 Å². The summed E-state index contributed by atoms with van der Waals surface area (Å²) >= 11 is 0. The molecule has 5 heteroatoms. The Morgan fingerprint density at radius 3 is 2.62 bits per heavy atom. The molecule has 34 heavy (non-hydrogen) atoms. The van der Waals surface area contributed by atoms with Crippen molar-refractivity contribution >= 4 is 11.9 Å². The van der Waals surface area contributed by atoms with Crippen molar-refractivity contribution in [3.8, 4) is 17.2 Å². The predicted octanol–water partition coefficient (Wildman–Crippen LogP) is 5.79. The van der Waals surface area contributed by atoms with Gasteiger partial charge in [0.25, 0.3) is 0 Å². The first kappa shape index (κ1) is 22.2. The SMILES string of the molecule is CCOc1ccc(/C=C2\Oc3c(cc4c(c3C)OCN(CCCc3ccccc3)C4)C2=O)cc1. The lowest BCUT2D eigenvalue weighted by Crippen LogP contribution is -2.33. The van der Waals surface area contributed by atoms with Crippen LogP contribution in [0.5, 0.6) is 17.2 Å². The van der Waals surface area contributed by atoms with Crippen molar-refractivity contribution in [1.29, 1.82) is 0 Å². The number of Topliss-reactive ketones (excluding diaryl/α,β-unsaturated/α-hetero) is 1. The number of aryl methyl sites for hydroxylation is 1. The summed E-state index contributed by atoms with van der Waals surface area (Å²) in [5.74, 6) is 2.51. The molecule has 0 bridgehead atoms. The lowest BCUT2D eigenvalue weighted by Gasteiger charge is -2.30. The Kier molecular flexibility index (Phi) is 6.37. The second-order valence-electron chi connectivity index (χ2n) is 8.72. The molecule has 2 heterocycles. The molecular weight excluding hydrogens is 426 g/mol. The van der Waals surface area contributed by atoms with Gasteiger partial charge in [-0.05, 0) is 62.1 Å². The number of ketones is 1. The summed E-state index contributed by atoms with van der Waals surface area (Å²) < 4.78 is 17.6. The smallest absolute Gasteiger partial charge is 0.231 e. The lowest BCUT2D eigenvalue weighted by molar-refractivity contribution is 0.0932. The van der Waals surface area contributed by atoms with Crippen LogP contribution in [0, 0.1) is 6.92 Å². The van der Waals surface area contributed by atoms with E-state index >= 15 is 0 Å². The van der Waals surface area contributed by atoms with Gasteiger partial charge in [-0.15, -0.1) is 0 Å². The zero-order valence-electron chi connectivity index (χ0n) is 19.7. The molecule has 0 aliphatic carbocycles. The third-order valence-electron chi connectivity index (χ3n) is 6.27. The molecule has 0 amide bonds. The van der Waals surface area contributed by atoms with Gasteiger partial charge in [-0.1, -0.05) is 42.5 Å². The fourth-order valence-corrected chi connectivity index (χ4v) is 4.57. The second kappa shape index (κ2) is 9.74. The summed E-state index contributed by atoms with van der Waals surface area (Å²) in [7, 11) is 0. The van der Waals surface area contributed by atoms with Gasteiger partial charge in [-0.25, -0.2) is 0 Å². The van der Waals surface area contributed by atoms with E-state index in [4.69, 9.17) is 14.2 Å². The van der Waals surface area contributed by atoms with E-state index < -0.39 is 0 Å². The van der Waals surface area contributed by atoms with E-state index in [1.807, 2.05) is 50.2 Å². The number of rotatable bonds is 7. The fourth-order valence-electron chi connectivity index (χ4n) is 4.57. The quantitative estimate of drug-likeness (QED) is 0.422. The molecular formula is C29H29NO4. The summed E-state index contributed by atoms with van der Waals surface area (Å²) in [5.41, 5.74) is 4.79. The summed E-state index contributed by atoms with van der Waals surface area (Å²) in [5, 5.41) is 0. The first-order chi connectivity index (χ1) is 16.6. The average molecular weight is 456 g/mol. The third-order valence-corrected chi connectivity index (χ3v) is 6.27. The maximum absolute atomic E-state index is 13.1. The zero-order valence-corrected chi connectivity index (χ0v) is 19.7. The number of carbonyl (C=O) groups is 1. The molecule has 0 spiro atoms. The lowest BCUT2D eigenvalue weighted by atomic mass is 10.00. The van der Waals surface area contributed by atoms with Gasteiger partial charge in [-0.2, -0.15) is 0 Å². The number of benzene rings is 3. The largest absolute Gasteiger partial charge is 0.494 e. The average Bonchev–Trinajstić information content (AvgIpc) is 3.16. The van der Waals surface area contributed by atoms with E-state index in [1.54, 1.807) is 6.08 Å². The Labute approximate surface area is 200 Å². The van der Waals surface area contributed by atoms with Crippen LogP contribution in [0.25, 0.3) is 6.08 Å². The van der Waals surface area contributed by atoms with Crippen LogP contribution in [0.2, 0.25) is 0 Å². The molecule has 0 N–H and O–H groups in total. The minimum Gasteiger partial charge on any atom is -0.494 e. The van der Waals surface area contributed by atoms with Crippen LogP contribution in [0.15, 0.2) is 66.4 Å². The first-order valence-corrected chi connectivity index (χ1v) is 11.8. The molecule has 0 radical (unpaired) electrons. The van der Waals surface area contributed by atoms with E-state index in [9.17, 15) is 4.79 Å². The number of carbonyl (C=O) groups excluding carboxylic acids is 1. The van der Waals surface area contributed by atoms with Crippen LogP contribution in [-0.4, -0.2) is 30.6 Å². The number of hydrogen-bond acceptors (Lipinski definition) is 5. The molecule has 2 aliphatic rings. The molecule has 0 saturated carbocycles. The summed E-state index contributed by atoms with van der Waals surface area (Å²) in [6, 6.07) is 20.1. The van der Waals surface area contributed by atoms with Crippen LogP contribution in [-0.2, 0) is 13.0 Å². The zero-order chi connectivity index (χ0) is 23.5. The molecule has 3 aromatic rings. The molecule has 0 aromatic heterocycles. The van der Waals surface area contributed by atoms with Gasteiger partial charge in [0.15, 0.2) is 5.76 Å². The van der Waals surface area contributed by atoms with Gasteiger partial charge in [0, 0.05) is 24.2 Å². The second-order valence-corrected chi connectivity index (χ2v) is 8.72. The van der Waals surface area contributed by atoms with Crippen LogP contribution < -0.4 is 14.2 Å². The molecule has 0 atom stereocenters. The van der Waals surface area contributed by atoms with Crippen molar-refractivity contribution in [2.24, 2.45) is 0 Å². The van der Waals surface area contributed by atoms with Crippen LogP contribution in [0.1, 0.15) is 46.0 Å². The Hall–Kier alpha value is -3.57. The maximum atomic E-state index is 13.1. The Bertz CT molecular complexity index is 1220. The Balaban J connectivity index is 1.29. The molecule has 3 aromatic carbocycles. The highest BCUT2D eigenvalue weighted by atomic mass is 16.5. The van der Waals surface area contributed by atoms with Gasteiger partial charge in [-0.3, -0.25) is 9.69 Å². The molecule has 5 nitrogen and oxygen atoms in total. The molecule has 0 unspecified atom stereocenters. The van der Waals surface area contributed by atoms with E-state index in [-0.39, 0.29) is 5.78 Å². The highest BCUT2D eigenvalue weighted by Gasteiger charge is 2.33. The van der Waals surface area contributed by atoms with E-state index in [1.165, 1.54) is 5.56 Å². The van der Waals surface area contributed by atoms with Gasteiger partial charge in [0.2, 0.25) is 5.78 Å². The monoisotopic (exact) mass is 455 g/mol. The van der Waals surface area contributed by atoms with Crippen molar-refractivity contribution in [3.05, 3.63) is 94.2 Å². The van der Waals surface area contributed by atoms with E-state index in [0.717, 1.165) is 54.1 Å². The fraction of sp³-hybridized carbons (Fsp3) is 0.276. The van der Waals surface area contributed by atoms with E-state index in [0.29, 0.717) is 30.4 Å². The Morgan fingerprint density at radius 1 is 1.06 bits per heavy atom. The number of allylic oxidation sites excluding steroid dienone is 1. The van der Waals surface area contributed by atoms with Gasteiger partial charge in [0.05, 0.1) is 12.2 Å². The van der Waals surface area contributed by atoms with Crippen LogP contribution in [0.4, 0.5) is 0 Å². The number of hydrogen-bond donors (Lipinski definition) is 0. The van der Waals surface area contributed by atoms with Crippen molar-refractivity contribution in [3.63, 3.8) is 0 Å². The van der Waals surface area contributed by atoms with Crippen LogP contribution >= 0.6 is 0 Å². The van der Waals surface area contributed by atoms with Gasteiger partial charge in [0.1, 0.15) is 24.0 Å². The maximum Gasteiger partial charge on any atom is 0.231 e. The van der Waals surface area contributed by atoms with Crippen molar-refractivity contribution in [2.45, 2.75) is 33.2 Å². The van der Waals surface area contributed by atoms with Crippen molar-refractivity contribution in [2.75, 3.05) is 19.9 Å². The molecule has 0 saturated heterocycles. The Morgan fingerprint density at radius 2 is 1.85 bits per heavy atom. The predicted molar refractivity (Wildman–Crippen MR) is 132 cm³/mol. The number of nitrogens with zero attached hydrogens (tertiary/aromatic N) is 1. The molecule has 2 aliphatic heterocycles. The summed E-state index contributed by atoms with van der Waals surface area (Å²) in [4.78, 5) is 15.4. The van der Waals surface area contributed by atoms with E-state index in [2.05, 4.69) is 29.2 Å². The third kappa shape index (κ3) is 4.57. The highest BCUT2D eigenvalue weighted by Crippen LogP contribution is 2.43. The van der Waals surface area contributed by atoms with Gasteiger partial charge < -0.3 is 14.2 Å². The first-order valence-electron chi connectivity index (χ1n) is 11.8. The number of ether oxygens (including phenoxy) is 3. The van der Waals surface area contributed by atoms with Crippen molar-refractivity contribution < 1.29 is 19.0 Å². The number of fused-ring (bicyclic) bond motifs is 2. The minimum absolute atomic E-state index is 0.0871. The molecule has 5 rings (SSSR count). The van der Waals surface area contributed by atoms with Crippen LogP contribution in [0.3, 0.4) is 0 Å². The highest BCUT2D eigenvalue weighted by molar-refractivity contribution is 6.15. The minimum atomic E-state index is -0.0871. The van der Waals surface area contributed by atoms with Gasteiger partial charge >= 0.3 is 0 Å². The summed E-state index contributed by atoms with van der Waals surface area (Å²) in [6.07, 6.45) is 3.89. The topological polar surface area (TPSA) is 48.0 Å².